The lowest BCUT2D eigenvalue weighted by molar-refractivity contribution is -0.152. The van der Waals surface area contributed by atoms with Crippen LogP contribution in [-0.2, 0) is 15.7 Å². The number of hydrogen-bond donors (Lipinski definition) is 2. The molecular formula is C13H13F3N2O3. The first-order chi connectivity index (χ1) is 9.79. The van der Waals surface area contributed by atoms with Crippen molar-refractivity contribution in [1.82, 2.24) is 0 Å². The molecule has 0 spiro atoms. The summed E-state index contributed by atoms with van der Waals surface area (Å²) < 4.78 is 42.8. The van der Waals surface area contributed by atoms with Crippen LogP contribution in [0.4, 0.5) is 18.9 Å². The molecule has 1 rings (SSSR count). The van der Waals surface area contributed by atoms with E-state index in [1.807, 2.05) is 0 Å². The van der Waals surface area contributed by atoms with Gasteiger partial charge in [-0.3, -0.25) is 0 Å². The summed E-state index contributed by atoms with van der Waals surface area (Å²) in [5.74, 6) is -0.866. The highest BCUT2D eigenvalue weighted by Gasteiger charge is 2.33. The zero-order chi connectivity index (χ0) is 16.0. The molecule has 0 heterocycles. The minimum absolute atomic E-state index is 0.0321. The second-order valence-electron chi connectivity index (χ2n) is 4.02. The van der Waals surface area contributed by atoms with Crippen LogP contribution in [0.5, 0.6) is 0 Å². The molecule has 0 aliphatic carbocycles. The summed E-state index contributed by atoms with van der Waals surface area (Å²) in [5, 5.41) is 20.6. The van der Waals surface area contributed by atoms with E-state index in [1.54, 1.807) is 6.92 Å². The molecule has 0 amide bonds. The lowest BCUT2D eigenvalue weighted by Crippen LogP contribution is -2.30. The molecule has 0 saturated carbocycles. The summed E-state index contributed by atoms with van der Waals surface area (Å²) in [7, 11) is 0. The van der Waals surface area contributed by atoms with Gasteiger partial charge in [0.2, 0.25) is 0 Å². The summed E-state index contributed by atoms with van der Waals surface area (Å²) in [6.07, 6.45) is -6.15. The van der Waals surface area contributed by atoms with E-state index < -0.39 is 29.4 Å². The van der Waals surface area contributed by atoms with Gasteiger partial charge in [-0.25, -0.2) is 4.79 Å². The Kier molecular flexibility index (Phi) is 5.55. The Morgan fingerprint density at radius 3 is 2.71 bits per heavy atom. The van der Waals surface area contributed by atoms with E-state index in [-0.39, 0.29) is 18.8 Å². The number of aliphatic hydroxyl groups is 1. The van der Waals surface area contributed by atoms with Gasteiger partial charge in [-0.15, -0.1) is 0 Å². The Morgan fingerprint density at radius 1 is 1.52 bits per heavy atom. The molecule has 21 heavy (non-hydrogen) atoms. The average Bonchev–Trinajstić information content (AvgIpc) is 2.43. The normalized spacial score (nSPS) is 12.4. The van der Waals surface area contributed by atoms with E-state index in [0.29, 0.717) is 0 Å². The zero-order valence-electron chi connectivity index (χ0n) is 11.1. The minimum atomic E-state index is -4.66. The molecule has 8 heteroatoms. The number of aliphatic hydroxyl groups excluding tert-OH is 1. The minimum Gasteiger partial charge on any atom is -0.464 e. The van der Waals surface area contributed by atoms with Crippen LogP contribution in [0.3, 0.4) is 0 Å². The number of ether oxygens (including phenoxy) is 1. The third-order valence-corrected chi connectivity index (χ3v) is 2.50. The lowest BCUT2D eigenvalue weighted by atomic mass is 10.1. The molecule has 1 aromatic carbocycles. The number of esters is 1. The molecule has 0 saturated heterocycles. The number of benzene rings is 1. The van der Waals surface area contributed by atoms with E-state index in [2.05, 4.69) is 10.1 Å². The van der Waals surface area contributed by atoms with Crippen LogP contribution >= 0.6 is 0 Å². The fraction of sp³-hybridized carbons (Fsp3) is 0.385. The van der Waals surface area contributed by atoms with Crippen molar-refractivity contribution in [2.24, 2.45) is 0 Å². The molecule has 5 nitrogen and oxygen atoms in total. The standard InChI is InChI=1S/C13H13F3N2O3/c1-2-21-12(20)11(19)7-18-9-4-3-8(6-17)10(5-9)13(14,15)16/h3-5,11,18-19H,2,7H2,1H3/t11-/m0/s1. The van der Waals surface area contributed by atoms with Gasteiger partial charge in [0.05, 0.1) is 30.3 Å². The molecule has 0 aliphatic rings. The maximum Gasteiger partial charge on any atom is 0.417 e. The van der Waals surface area contributed by atoms with Crippen molar-refractivity contribution in [3.63, 3.8) is 0 Å². The van der Waals surface area contributed by atoms with Gasteiger partial charge < -0.3 is 15.2 Å². The summed E-state index contributed by atoms with van der Waals surface area (Å²) in [4.78, 5) is 11.2. The monoisotopic (exact) mass is 302 g/mol. The number of hydrogen-bond acceptors (Lipinski definition) is 5. The number of alkyl halides is 3. The van der Waals surface area contributed by atoms with Gasteiger partial charge in [-0.05, 0) is 25.1 Å². The van der Waals surface area contributed by atoms with Crippen molar-refractivity contribution < 1.29 is 27.8 Å². The summed E-state index contributed by atoms with van der Waals surface area (Å²) in [6.45, 7) is 1.35. The second-order valence-corrected chi connectivity index (χ2v) is 4.02. The largest absolute Gasteiger partial charge is 0.464 e. The topological polar surface area (TPSA) is 82.3 Å². The maximum atomic E-state index is 12.7. The Balaban J connectivity index is 2.82. The van der Waals surface area contributed by atoms with E-state index in [4.69, 9.17) is 5.26 Å². The van der Waals surface area contributed by atoms with Crippen molar-refractivity contribution >= 4 is 11.7 Å². The molecule has 0 aromatic heterocycles. The lowest BCUT2D eigenvalue weighted by Gasteiger charge is -2.14. The molecule has 0 bridgehead atoms. The predicted molar refractivity (Wildman–Crippen MR) is 67.3 cm³/mol. The van der Waals surface area contributed by atoms with E-state index >= 15 is 0 Å². The number of anilines is 1. The Morgan fingerprint density at radius 2 is 2.19 bits per heavy atom. The number of carbonyl (C=O) groups excluding carboxylic acids is 1. The Labute approximate surface area is 118 Å². The van der Waals surface area contributed by atoms with Crippen LogP contribution in [0, 0.1) is 11.3 Å². The quantitative estimate of drug-likeness (QED) is 0.812. The van der Waals surface area contributed by atoms with Crippen LogP contribution in [0.2, 0.25) is 0 Å². The molecule has 1 aromatic rings. The van der Waals surface area contributed by atoms with Crippen LogP contribution in [0.15, 0.2) is 18.2 Å². The molecular weight excluding hydrogens is 289 g/mol. The number of carbonyl (C=O) groups is 1. The van der Waals surface area contributed by atoms with Crippen LogP contribution in [-0.4, -0.2) is 30.3 Å². The van der Waals surface area contributed by atoms with Crippen LogP contribution in [0.1, 0.15) is 18.1 Å². The number of nitrogens with zero attached hydrogens (tertiary/aromatic N) is 1. The van der Waals surface area contributed by atoms with Crippen molar-refractivity contribution in [3.8, 4) is 6.07 Å². The second kappa shape index (κ2) is 6.95. The van der Waals surface area contributed by atoms with Crippen molar-refractivity contribution in [1.29, 1.82) is 5.26 Å². The highest BCUT2D eigenvalue weighted by Crippen LogP contribution is 2.33. The molecule has 0 fully saturated rings. The zero-order valence-corrected chi connectivity index (χ0v) is 11.1. The maximum absolute atomic E-state index is 12.7. The fourth-order valence-corrected chi connectivity index (χ4v) is 1.52. The smallest absolute Gasteiger partial charge is 0.417 e. The van der Waals surface area contributed by atoms with E-state index in [9.17, 15) is 23.1 Å². The fourth-order valence-electron chi connectivity index (χ4n) is 1.52. The van der Waals surface area contributed by atoms with Gasteiger partial charge in [0.1, 0.15) is 0 Å². The Bertz CT molecular complexity index is 553. The summed E-state index contributed by atoms with van der Waals surface area (Å²) in [5.41, 5.74) is -1.55. The molecule has 114 valence electrons. The van der Waals surface area contributed by atoms with Gasteiger partial charge in [0.15, 0.2) is 6.10 Å². The van der Waals surface area contributed by atoms with E-state index in [0.717, 1.165) is 12.1 Å². The molecule has 0 aliphatic heterocycles. The van der Waals surface area contributed by atoms with Crippen molar-refractivity contribution in [3.05, 3.63) is 29.3 Å². The van der Waals surface area contributed by atoms with Gasteiger partial charge in [0.25, 0.3) is 0 Å². The first-order valence-corrected chi connectivity index (χ1v) is 5.99. The summed E-state index contributed by atoms with van der Waals surface area (Å²) in [6, 6.07) is 4.48. The van der Waals surface area contributed by atoms with E-state index in [1.165, 1.54) is 12.1 Å². The number of nitrogens with one attached hydrogen (secondary N) is 1. The molecule has 2 N–H and O–H groups in total. The summed E-state index contributed by atoms with van der Waals surface area (Å²) >= 11 is 0. The molecule has 0 radical (unpaired) electrons. The SMILES string of the molecule is CCOC(=O)[C@@H](O)CNc1ccc(C#N)c(C(F)(F)F)c1. The first-order valence-electron chi connectivity index (χ1n) is 5.99. The highest BCUT2D eigenvalue weighted by atomic mass is 19.4. The van der Waals surface area contributed by atoms with Gasteiger partial charge in [-0.2, -0.15) is 18.4 Å². The van der Waals surface area contributed by atoms with Crippen molar-refractivity contribution in [2.75, 3.05) is 18.5 Å². The number of halogens is 3. The predicted octanol–water partition coefficient (Wildman–Crippen LogP) is 1.91. The average molecular weight is 302 g/mol. The first kappa shape index (κ1) is 16.8. The van der Waals surface area contributed by atoms with Gasteiger partial charge in [0, 0.05) is 5.69 Å². The third-order valence-electron chi connectivity index (χ3n) is 2.50. The van der Waals surface area contributed by atoms with Crippen LogP contribution < -0.4 is 5.32 Å². The third kappa shape index (κ3) is 4.65. The number of rotatable bonds is 5. The number of nitriles is 1. The molecule has 0 unspecified atom stereocenters. The highest BCUT2D eigenvalue weighted by molar-refractivity contribution is 5.75. The van der Waals surface area contributed by atoms with Crippen LogP contribution in [0.25, 0.3) is 0 Å². The van der Waals surface area contributed by atoms with Gasteiger partial charge >= 0.3 is 12.1 Å². The molecule has 1 atom stereocenters. The van der Waals surface area contributed by atoms with Crippen molar-refractivity contribution in [2.45, 2.75) is 19.2 Å². The Hall–Kier alpha value is -2.27. The van der Waals surface area contributed by atoms with Gasteiger partial charge in [-0.1, -0.05) is 0 Å².